The Hall–Kier alpha value is -6.49. The van der Waals surface area contributed by atoms with E-state index in [-0.39, 0.29) is 32.1 Å². The van der Waals surface area contributed by atoms with Crippen molar-refractivity contribution in [3.8, 4) is 0 Å². The molecule has 1 fully saturated rings. The van der Waals surface area contributed by atoms with Gasteiger partial charge in [0.05, 0.1) is 12.1 Å². The van der Waals surface area contributed by atoms with Crippen molar-refractivity contribution in [1.82, 2.24) is 42.1 Å². The molecule has 0 radical (unpaired) electrons. The molecular formula is C54H75N9O11S2. The van der Waals surface area contributed by atoms with E-state index in [0.717, 1.165) is 5.56 Å². The minimum Gasteiger partial charge on any atom is -0.480 e. The summed E-state index contributed by atoms with van der Waals surface area (Å²) in [7, 11) is 0. The van der Waals surface area contributed by atoms with Crippen molar-refractivity contribution in [2.24, 2.45) is 11.7 Å². The van der Waals surface area contributed by atoms with Crippen molar-refractivity contribution >= 4 is 76.8 Å². The van der Waals surface area contributed by atoms with Gasteiger partial charge in [-0.3, -0.25) is 38.4 Å². The quantitative estimate of drug-likeness (QED) is 0.0447. The highest BCUT2D eigenvalue weighted by atomic mass is 32.2. The summed E-state index contributed by atoms with van der Waals surface area (Å²) in [6.45, 7) is 6.33. The van der Waals surface area contributed by atoms with Gasteiger partial charge in [0.15, 0.2) is 0 Å². The summed E-state index contributed by atoms with van der Waals surface area (Å²) in [5, 5.41) is 39.1. The number of aliphatic carboxylic acids is 1. The van der Waals surface area contributed by atoms with Crippen LogP contribution in [-0.2, 0) is 62.4 Å². The molecule has 4 rings (SSSR count). The van der Waals surface area contributed by atoms with Gasteiger partial charge in [0.25, 0.3) is 0 Å². The molecule has 76 heavy (non-hydrogen) atoms. The first-order valence-electron chi connectivity index (χ1n) is 25.4. The Balaban J connectivity index is 1.51. The second kappa shape index (κ2) is 31.5. The molecule has 3 aromatic rings. The number of benzene rings is 3. The van der Waals surface area contributed by atoms with Crippen LogP contribution in [-0.4, -0.2) is 159 Å². The number of nitrogens with zero attached hydrogens (tertiary/aromatic N) is 1. The van der Waals surface area contributed by atoms with E-state index in [4.69, 9.17) is 5.73 Å². The number of aliphatic hydroxyl groups excluding tert-OH is 1. The number of likely N-dealkylation sites (tertiary alicyclic amines) is 1. The molecule has 11 N–H and O–H groups in total. The molecule has 0 aromatic heterocycles. The van der Waals surface area contributed by atoms with Gasteiger partial charge in [-0.15, -0.1) is 0 Å². The lowest BCUT2D eigenvalue weighted by atomic mass is 10.0. The van der Waals surface area contributed by atoms with Crippen LogP contribution in [0.2, 0.25) is 0 Å². The zero-order valence-corrected chi connectivity index (χ0v) is 45.6. The fourth-order valence-corrected chi connectivity index (χ4v) is 9.45. The third kappa shape index (κ3) is 19.6. The summed E-state index contributed by atoms with van der Waals surface area (Å²) < 4.78 is 0. The molecule has 0 spiro atoms. The number of hydrogen-bond donors (Lipinski definition) is 10. The van der Waals surface area contributed by atoms with Crippen LogP contribution >= 0.6 is 23.5 Å². The maximum absolute atomic E-state index is 14.5. The molecule has 3 aromatic carbocycles. The van der Waals surface area contributed by atoms with E-state index < -0.39 is 120 Å². The highest BCUT2D eigenvalue weighted by Crippen LogP contribution is 2.20. The summed E-state index contributed by atoms with van der Waals surface area (Å²) in [4.78, 5) is 125. The van der Waals surface area contributed by atoms with Crippen LogP contribution in [0, 0.1) is 5.92 Å². The molecule has 8 amide bonds. The van der Waals surface area contributed by atoms with Gasteiger partial charge in [0.1, 0.15) is 48.3 Å². The highest BCUT2D eigenvalue weighted by Gasteiger charge is 2.40. The number of nitrogens with two attached hydrogens (primary N) is 1. The Morgan fingerprint density at radius 1 is 0.566 bits per heavy atom. The number of thioether (sulfide) groups is 2. The van der Waals surface area contributed by atoms with Gasteiger partial charge in [0.2, 0.25) is 47.3 Å². The third-order valence-corrected chi connectivity index (χ3v) is 14.1. The summed E-state index contributed by atoms with van der Waals surface area (Å²) in [6, 6.07) is 15.8. The lowest BCUT2D eigenvalue weighted by molar-refractivity contribution is -0.142. The standard InChI is InChI=1S/C54H75N9O11S2/c1-32(2)44(61-50(69)43-23-16-26-63(43)53(72)38(55)29-35-17-10-7-11-18-35)51(70)62-45(34(4)64)52(71)57-39(24-27-75-5)47(66)59-42(31-37-21-14-9-15-22-37)49(68)60-41(30-36-19-12-8-13-20-36)48(67)56-33(3)46(65)58-40(54(73)74)25-28-76-6/h7-15,17-22,32-34,38-45,64H,16,23-31,55H2,1-6H3,(H,56,67)(H,57,71)(H,58,65)(H,59,66)(H,60,68)(H,61,69)(H,62,70)(H,73,74)/t33-,34+,38-,39-,40-,41-,42-,43-,44-,45-/m0/s1. The molecule has 22 heteroatoms. The maximum Gasteiger partial charge on any atom is 0.326 e. The van der Waals surface area contributed by atoms with Gasteiger partial charge in [-0.25, -0.2) is 4.79 Å². The van der Waals surface area contributed by atoms with Crippen LogP contribution in [0.1, 0.15) is 70.1 Å². The normalized spacial score (nSPS) is 16.8. The second-order valence-corrected chi connectivity index (χ2v) is 21.2. The molecule has 1 aliphatic rings. The van der Waals surface area contributed by atoms with Crippen LogP contribution in [0.3, 0.4) is 0 Å². The number of rotatable bonds is 30. The van der Waals surface area contributed by atoms with Crippen LogP contribution in [0.4, 0.5) is 0 Å². The van der Waals surface area contributed by atoms with Gasteiger partial charge in [-0.1, -0.05) is 105 Å². The molecule has 0 bridgehead atoms. The fourth-order valence-electron chi connectivity index (χ4n) is 8.50. The zero-order chi connectivity index (χ0) is 55.9. The Labute approximate surface area is 453 Å². The number of carbonyl (C=O) groups excluding carboxylic acids is 8. The molecule has 0 unspecified atom stereocenters. The van der Waals surface area contributed by atoms with E-state index in [1.54, 1.807) is 87.0 Å². The average Bonchev–Trinajstić information content (AvgIpc) is 3.90. The van der Waals surface area contributed by atoms with Crippen molar-refractivity contribution in [2.75, 3.05) is 30.6 Å². The van der Waals surface area contributed by atoms with E-state index in [0.29, 0.717) is 42.0 Å². The monoisotopic (exact) mass is 1090 g/mol. The molecule has 0 saturated carbocycles. The lowest BCUT2D eigenvalue weighted by Gasteiger charge is -2.31. The molecule has 10 atom stereocenters. The van der Waals surface area contributed by atoms with Crippen molar-refractivity contribution in [3.05, 3.63) is 108 Å². The SMILES string of the molecule is CSCC[C@H](NC(=O)[C@H](C)NC(=O)[C@H](Cc1ccccc1)NC(=O)[C@H](Cc1ccccc1)NC(=O)[C@H](CCSC)NC(=O)[C@@H](NC(=O)[C@@H](NC(=O)[C@@H]1CCCN1C(=O)[C@@H](N)Cc1ccccc1)C(C)C)[C@@H](C)O)C(=O)O. The van der Waals surface area contributed by atoms with Crippen molar-refractivity contribution in [1.29, 1.82) is 0 Å². The molecule has 1 saturated heterocycles. The van der Waals surface area contributed by atoms with E-state index >= 15 is 0 Å². The van der Waals surface area contributed by atoms with E-state index in [9.17, 15) is 53.4 Å². The lowest BCUT2D eigenvalue weighted by Crippen LogP contribution is -2.62. The zero-order valence-electron chi connectivity index (χ0n) is 44.0. The van der Waals surface area contributed by atoms with Gasteiger partial charge in [0, 0.05) is 19.4 Å². The number of hydrogen-bond acceptors (Lipinski definition) is 13. The summed E-state index contributed by atoms with van der Waals surface area (Å²) >= 11 is 2.79. The van der Waals surface area contributed by atoms with Crippen LogP contribution < -0.4 is 43.0 Å². The first-order chi connectivity index (χ1) is 36.2. The predicted molar refractivity (Wildman–Crippen MR) is 292 cm³/mol. The molecular weight excluding hydrogens is 1010 g/mol. The molecule has 0 aliphatic carbocycles. The molecule has 1 heterocycles. The number of nitrogens with one attached hydrogen (secondary N) is 7. The third-order valence-electron chi connectivity index (χ3n) is 12.8. The Morgan fingerprint density at radius 3 is 1.47 bits per heavy atom. The summed E-state index contributed by atoms with van der Waals surface area (Å²) in [5.41, 5.74) is 8.47. The van der Waals surface area contributed by atoms with Crippen molar-refractivity contribution in [3.63, 3.8) is 0 Å². The highest BCUT2D eigenvalue weighted by molar-refractivity contribution is 7.98. The minimum absolute atomic E-state index is 0.0347. The Bertz CT molecular complexity index is 2400. The average molecular weight is 1090 g/mol. The fraction of sp³-hybridized carbons (Fsp3) is 0.500. The van der Waals surface area contributed by atoms with Gasteiger partial charge >= 0.3 is 5.97 Å². The smallest absolute Gasteiger partial charge is 0.326 e. The van der Waals surface area contributed by atoms with Gasteiger partial charge < -0.3 is 58.1 Å². The largest absolute Gasteiger partial charge is 0.480 e. The first kappa shape index (κ1) is 62.1. The second-order valence-electron chi connectivity index (χ2n) is 19.2. The maximum atomic E-state index is 14.5. The number of amides is 8. The van der Waals surface area contributed by atoms with E-state index in [1.807, 2.05) is 30.3 Å². The van der Waals surface area contributed by atoms with Crippen LogP contribution in [0.5, 0.6) is 0 Å². The van der Waals surface area contributed by atoms with Crippen LogP contribution in [0.25, 0.3) is 0 Å². The number of carboxylic acids is 1. The number of aliphatic hydroxyl groups is 1. The van der Waals surface area contributed by atoms with Gasteiger partial charge in [-0.05, 0) is 92.6 Å². The summed E-state index contributed by atoms with van der Waals surface area (Å²) in [5.74, 6) is -6.70. The van der Waals surface area contributed by atoms with E-state index in [2.05, 4.69) is 37.2 Å². The van der Waals surface area contributed by atoms with E-state index in [1.165, 1.54) is 42.3 Å². The molecule has 20 nitrogen and oxygen atoms in total. The predicted octanol–water partition coefficient (Wildman–Crippen LogP) is 1.07. The number of carboxylic acid groups (broad SMARTS) is 1. The Morgan fingerprint density at radius 2 is 1.00 bits per heavy atom. The first-order valence-corrected chi connectivity index (χ1v) is 28.2. The topological polar surface area (TPSA) is 308 Å². The van der Waals surface area contributed by atoms with Gasteiger partial charge in [-0.2, -0.15) is 23.5 Å². The number of carbonyl (C=O) groups is 9. The van der Waals surface area contributed by atoms with Crippen molar-refractivity contribution < 1.29 is 53.4 Å². The Kier molecular flexibility index (Phi) is 25.7. The molecule has 414 valence electrons. The van der Waals surface area contributed by atoms with Crippen LogP contribution in [0.15, 0.2) is 91.0 Å². The summed E-state index contributed by atoms with van der Waals surface area (Å²) in [6.07, 6.45) is 3.36. The minimum atomic E-state index is -1.62. The van der Waals surface area contributed by atoms with Crippen molar-refractivity contribution in [2.45, 2.75) is 133 Å². The molecule has 1 aliphatic heterocycles.